The molecular formula is C25H28N7O11PS4. The molecule has 3 aromatic rings. The Hall–Kier alpha value is -3.76. The fourth-order valence-corrected chi connectivity index (χ4v) is 9.05. The molecule has 0 bridgehead atoms. The number of thioether (sulfide) groups is 2. The minimum Gasteiger partial charge on any atom is -0.543 e. The second-order valence-corrected chi connectivity index (χ2v) is 15.3. The average Bonchev–Trinajstić information content (AvgIpc) is 3.64. The summed E-state index contributed by atoms with van der Waals surface area (Å²) in [6.45, 7) is 2.80. The topological polar surface area (TPSA) is 280 Å². The van der Waals surface area contributed by atoms with Crippen LogP contribution < -0.4 is 15.0 Å². The highest BCUT2D eigenvalue weighted by Crippen LogP contribution is 2.46. The van der Waals surface area contributed by atoms with Crippen LogP contribution in [-0.2, 0) is 41.8 Å². The molecule has 0 aromatic carbocycles. The average molecular weight is 762 g/mol. The van der Waals surface area contributed by atoms with Crippen LogP contribution in [0.5, 0.6) is 0 Å². The van der Waals surface area contributed by atoms with Gasteiger partial charge < -0.3 is 40.4 Å². The van der Waals surface area contributed by atoms with E-state index in [0.29, 0.717) is 20.8 Å². The van der Waals surface area contributed by atoms with Crippen molar-refractivity contribution in [3.8, 4) is 11.3 Å². The normalized spacial score (nSPS) is 17.3. The molecular weight excluding hydrogens is 734 g/mol. The first-order valence-corrected chi connectivity index (χ1v) is 18.6. The van der Waals surface area contributed by atoms with Gasteiger partial charge in [-0.25, -0.2) is 14.5 Å². The summed E-state index contributed by atoms with van der Waals surface area (Å²) in [4.78, 5) is 80.9. The van der Waals surface area contributed by atoms with E-state index in [-0.39, 0.29) is 34.4 Å². The molecule has 5 rings (SSSR count). The van der Waals surface area contributed by atoms with Crippen LogP contribution >= 0.6 is 54.0 Å². The Morgan fingerprint density at radius 1 is 1.27 bits per heavy atom. The lowest BCUT2D eigenvalue weighted by Crippen LogP contribution is -2.71. The van der Waals surface area contributed by atoms with Crippen molar-refractivity contribution >= 4 is 83.5 Å². The van der Waals surface area contributed by atoms with Crippen LogP contribution in [0, 0.1) is 0 Å². The van der Waals surface area contributed by atoms with Crippen molar-refractivity contribution in [2.45, 2.75) is 35.8 Å². The molecule has 0 spiro atoms. The highest BCUT2D eigenvalue weighted by Gasteiger charge is 2.53. The first-order valence-electron chi connectivity index (χ1n) is 13.2. The number of hydrogen-bond donors (Lipinski definition) is 4. The summed E-state index contributed by atoms with van der Waals surface area (Å²) in [7, 11) is -2.53. The van der Waals surface area contributed by atoms with Gasteiger partial charge in [-0.15, -0.1) is 23.1 Å². The van der Waals surface area contributed by atoms with Crippen molar-refractivity contribution in [2.75, 3.05) is 12.4 Å². The number of nitrogens with zero attached hydrogens (tertiary/aromatic N) is 6. The molecule has 18 nitrogen and oxygen atoms in total. The Morgan fingerprint density at radius 2 is 1.94 bits per heavy atom. The standard InChI is InChI=1S/C23H22N7O8PS4.C2H4O2.H2O/c1-3-38-27-15(18-25-14(43-28-18)8-39(35,36)37)19(31)26-16-20(32)30-17(22(33)34)13(10-40-21(16)30)42-23-24-12(9-41-23)11-4-6-29(2)7-5-11;1-2(3)4;/h4-7,9,16,21H,3,8,10H2,1-2H3,(H3-,26,31,33,34,35,36,37);1H3,(H,3,4);1H2/b27-15-;;/t16-,21-;;/m1../s1. The number of aromatic nitrogens is 4. The minimum atomic E-state index is -4.43. The monoisotopic (exact) mass is 761 g/mol. The van der Waals surface area contributed by atoms with E-state index in [1.54, 1.807) is 6.92 Å². The van der Waals surface area contributed by atoms with Crippen molar-refractivity contribution in [3.05, 3.63) is 51.3 Å². The Kier molecular flexibility index (Phi) is 13.4. The van der Waals surface area contributed by atoms with Gasteiger partial charge in [-0.3, -0.25) is 23.8 Å². The fourth-order valence-electron chi connectivity index (χ4n) is 3.99. The SMILES string of the molecule is CC(=O)O.CCO/N=C(\C(=O)N[C@@H]1C(=O)N2C(C(=O)[O-])=C(Sc3nc(-c4cc[n+](C)cc4)cs3)CS[C@H]12)c1nsc(CP(=O)(O)O)n1.O. The number of carboxylic acid groups (broad SMARTS) is 2. The third-order valence-electron chi connectivity index (χ3n) is 5.90. The van der Waals surface area contributed by atoms with Crippen LogP contribution in [0.1, 0.15) is 24.7 Å². The quantitative estimate of drug-likeness (QED) is 0.0620. The van der Waals surface area contributed by atoms with E-state index in [0.717, 1.165) is 34.8 Å². The van der Waals surface area contributed by atoms with E-state index < -0.39 is 54.6 Å². The van der Waals surface area contributed by atoms with Gasteiger partial charge in [-0.2, -0.15) is 4.37 Å². The molecule has 2 amide bonds. The molecule has 258 valence electrons. The number of nitrogens with one attached hydrogen (secondary N) is 1. The summed E-state index contributed by atoms with van der Waals surface area (Å²) in [6, 6.07) is 2.74. The Labute approximate surface area is 288 Å². The fraction of sp³-hybridized carbons (Fsp3) is 0.320. The number of pyridine rings is 1. The number of hydrogen-bond acceptors (Lipinski definition) is 15. The van der Waals surface area contributed by atoms with E-state index in [4.69, 9.17) is 14.7 Å². The summed E-state index contributed by atoms with van der Waals surface area (Å²) in [5, 5.41) is 27.0. The lowest BCUT2D eigenvalue weighted by Gasteiger charge is -2.50. The number of carbonyl (C=O) groups is 4. The van der Waals surface area contributed by atoms with Crippen molar-refractivity contribution < 1.29 is 58.6 Å². The van der Waals surface area contributed by atoms with Gasteiger partial charge in [0, 0.05) is 40.7 Å². The van der Waals surface area contributed by atoms with E-state index >= 15 is 0 Å². The number of thiazole rings is 1. The maximum absolute atomic E-state index is 13.2. The van der Waals surface area contributed by atoms with Crippen LogP contribution in [0.4, 0.5) is 0 Å². The second kappa shape index (κ2) is 16.6. The Balaban J connectivity index is 0.00000118. The largest absolute Gasteiger partial charge is 0.543 e. The molecule has 2 atom stereocenters. The number of aliphatic carboxylic acids is 2. The van der Waals surface area contributed by atoms with Crippen molar-refractivity contribution in [1.82, 2.24) is 24.6 Å². The van der Waals surface area contributed by atoms with Gasteiger partial charge in [-0.1, -0.05) is 16.9 Å². The lowest BCUT2D eigenvalue weighted by molar-refractivity contribution is -0.671. The zero-order valence-corrected chi connectivity index (χ0v) is 29.3. The highest BCUT2D eigenvalue weighted by molar-refractivity contribution is 8.07. The number of β-lactam (4-membered cyclic amide) rings is 1. The zero-order valence-electron chi connectivity index (χ0n) is 25.1. The number of rotatable bonds is 11. The van der Waals surface area contributed by atoms with Crippen molar-refractivity contribution in [1.29, 1.82) is 0 Å². The molecule has 3 aromatic heterocycles. The van der Waals surface area contributed by atoms with E-state index in [1.165, 1.54) is 23.1 Å². The number of carbonyl (C=O) groups excluding carboxylic acids is 3. The second-order valence-electron chi connectivity index (χ2n) is 9.48. The number of fused-ring (bicyclic) bond motifs is 1. The van der Waals surface area contributed by atoms with E-state index in [9.17, 15) is 33.8 Å². The van der Waals surface area contributed by atoms with Gasteiger partial charge in [0.05, 0.1) is 17.4 Å². The van der Waals surface area contributed by atoms with Crippen LogP contribution in [0.3, 0.4) is 0 Å². The van der Waals surface area contributed by atoms with Crippen molar-refractivity contribution in [3.63, 3.8) is 0 Å². The minimum absolute atomic E-state index is 0. The summed E-state index contributed by atoms with van der Waals surface area (Å²) >= 11 is 4.44. The van der Waals surface area contributed by atoms with Gasteiger partial charge in [0.1, 0.15) is 36.2 Å². The summed E-state index contributed by atoms with van der Waals surface area (Å²) in [5.41, 5.74) is 0.962. The van der Waals surface area contributed by atoms with Crippen LogP contribution in [-0.4, -0.2) is 92.9 Å². The van der Waals surface area contributed by atoms with Gasteiger partial charge >= 0.3 is 7.60 Å². The van der Waals surface area contributed by atoms with Gasteiger partial charge in [0.2, 0.25) is 11.5 Å². The van der Waals surface area contributed by atoms with Crippen LogP contribution in [0.2, 0.25) is 0 Å². The molecule has 1 saturated heterocycles. The molecule has 1 fully saturated rings. The molecule has 0 aliphatic carbocycles. The molecule has 2 aliphatic heterocycles. The Bertz CT molecular complexity index is 1790. The number of aryl methyl sites for hydroxylation is 1. The van der Waals surface area contributed by atoms with E-state index in [1.807, 2.05) is 41.5 Å². The van der Waals surface area contributed by atoms with Gasteiger partial charge in [0.15, 0.2) is 16.7 Å². The van der Waals surface area contributed by atoms with Crippen LogP contribution in [0.15, 0.2) is 50.0 Å². The lowest BCUT2D eigenvalue weighted by atomic mass is 10.0. The summed E-state index contributed by atoms with van der Waals surface area (Å²) < 4.78 is 17.8. The van der Waals surface area contributed by atoms with Crippen molar-refractivity contribution in [2.24, 2.45) is 12.2 Å². The highest BCUT2D eigenvalue weighted by atomic mass is 32.2. The third-order valence-corrected chi connectivity index (χ3v) is 11.0. The Morgan fingerprint density at radius 3 is 2.54 bits per heavy atom. The molecule has 0 saturated carbocycles. The van der Waals surface area contributed by atoms with E-state index in [2.05, 4.69) is 24.8 Å². The van der Waals surface area contributed by atoms with Gasteiger partial charge in [-0.05, 0) is 18.5 Å². The van der Waals surface area contributed by atoms with Crippen LogP contribution in [0.25, 0.3) is 11.3 Å². The predicted molar refractivity (Wildman–Crippen MR) is 172 cm³/mol. The summed E-state index contributed by atoms with van der Waals surface area (Å²) in [6.07, 6.45) is 3.11. The number of amides is 2. The predicted octanol–water partition coefficient (Wildman–Crippen LogP) is -0.676. The molecule has 48 heavy (non-hydrogen) atoms. The first kappa shape index (κ1) is 38.7. The molecule has 0 unspecified atom stereocenters. The molecule has 0 radical (unpaired) electrons. The smallest absolute Gasteiger partial charge is 0.332 e. The maximum Gasteiger partial charge on any atom is 0.332 e. The molecule has 6 N–H and O–H groups in total. The molecule has 23 heteroatoms. The molecule has 5 heterocycles. The molecule has 2 aliphatic rings. The third kappa shape index (κ3) is 9.66. The maximum atomic E-state index is 13.2. The summed E-state index contributed by atoms with van der Waals surface area (Å²) in [5.74, 6) is -3.91. The zero-order chi connectivity index (χ0) is 34.5. The van der Waals surface area contributed by atoms with Gasteiger partial charge in [0.25, 0.3) is 17.8 Å². The number of oxime groups is 1. The first-order chi connectivity index (χ1) is 22.2. The number of carboxylic acids is 2.